The number of aliphatic carboxylic acids is 1. The van der Waals surface area contributed by atoms with Gasteiger partial charge < -0.3 is 16.6 Å². The summed E-state index contributed by atoms with van der Waals surface area (Å²) in [5.41, 5.74) is 12.1. The molecular formula is C10H13BrN2O2. The molecule has 1 aromatic carbocycles. The van der Waals surface area contributed by atoms with E-state index in [1.807, 2.05) is 24.3 Å². The monoisotopic (exact) mass is 272 g/mol. The fourth-order valence-corrected chi connectivity index (χ4v) is 1.48. The average Bonchev–Trinajstić information content (AvgIpc) is 2.18. The van der Waals surface area contributed by atoms with E-state index in [0.29, 0.717) is 0 Å². The van der Waals surface area contributed by atoms with E-state index < -0.39 is 12.0 Å². The first-order chi connectivity index (χ1) is 7.00. The van der Waals surface area contributed by atoms with Crippen molar-refractivity contribution in [2.24, 2.45) is 11.5 Å². The Hall–Kier alpha value is -0.910. The molecule has 1 aromatic rings. The number of benzene rings is 1. The molecule has 1 rings (SSSR count). The van der Waals surface area contributed by atoms with Crippen molar-refractivity contribution < 1.29 is 9.90 Å². The summed E-state index contributed by atoms with van der Waals surface area (Å²) in [7, 11) is 0. The second-order valence-corrected chi connectivity index (χ2v) is 4.25. The SMILES string of the molecule is NC(CC(N)c1ccc(Br)cc1)C(=O)O. The number of carbonyl (C=O) groups is 1. The lowest BCUT2D eigenvalue weighted by Crippen LogP contribution is -2.33. The molecule has 0 saturated carbocycles. The molecule has 0 heterocycles. The second-order valence-electron chi connectivity index (χ2n) is 3.34. The Labute approximate surface area is 96.4 Å². The van der Waals surface area contributed by atoms with E-state index in [2.05, 4.69) is 15.9 Å². The van der Waals surface area contributed by atoms with Crippen LogP contribution in [0.1, 0.15) is 18.0 Å². The zero-order valence-electron chi connectivity index (χ0n) is 8.06. The van der Waals surface area contributed by atoms with Crippen molar-refractivity contribution >= 4 is 21.9 Å². The fraction of sp³-hybridized carbons (Fsp3) is 0.300. The van der Waals surface area contributed by atoms with Crippen LogP contribution >= 0.6 is 15.9 Å². The predicted molar refractivity (Wildman–Crippen MR) is 61.3 cm³/mol. The third-order valence-corrected chi connectivity index (χ3v) is 2.65. The third kappa shape index (κ3) is 3.62. The molecule has 0 saturated heterocycles. The number of carboxylic acids is 1. The Morgan fingerprint density at radius 3 is 2.33 bits per heavy atom. The highest BCUT2D eigenvalue weighted by Gasteiger charge is 2.16. The van der Waals surface area contributed by atoms with E-state index in [1.54, 1.807) is 0 Å². The summed E-state index contributed by atoms with van der Waals surface area (Å²) in [6.45, 7) is 0. The summed E-state index contributed by atoms with van der Waals surface area (Å²) >= 11 is 3.31. The van der Waals surface area contributed by atoms with Crippen LogP contribution in [0.2, 0.25) is 0 Å². The standard InChI is InChI=1S/C10H13BrN2O2/c11-7-3-1-6(2-4-7)8(12)5-9(13)10(14)15/h1-4,8-9H,5,12-13H2,(H,14,15). The van der Waals surface area contributed by atoms with Crippen molar-refractivity contribution in [3.8, 4) is 0 Å². The number of halogens is 1. The van der Waals surface area contributed by atoms with Crippen molar-refractivity contribution in [1.29, 1.82) is 0 Å². The van der Waals surface area contributed by atoms with Gasteiger partial charge in [0.25, 0.3) is 0 Å². The highest BCUT2D eigenvalue weighted by molar-refractivity contribution is 9.10. The van der Waals surface area contributed by atoms with E-state index in [9.17, 15) is 4.79 Å². The third-order valence-electron chi connectivity index (χ3n) is 2.12. The lowest BCUT2D eigenvalue weighted by molar-refractivity contribution is -0.138. The number of rotatable bonds is 4. The number of carboxylic acid groups (broad SMARTS) is 1. The summed E-state index contributed by atoms with van der Waals surface area (Å²) in [5, 5.41) is 8.63. The van der Waals surface area contributed by atoms with Crippen LogP contribution in [0.4, 0.5) is 0 Å². The molecule has 5 N–H and O–H groups in total. The van der Waals surface area contributed by atoms with Crippen LogP contribution in [-0.4, -0.2) is 17.1 Å². The first-order valence-corrected chi connectivity index (χ1v) is 5.29. The molecule has 0 radical (unpaired) electrons. The van der Waals surface area contributed by atoms with Gasteiger partial charge in [-0.05, 0) is 24.1 Å². The summed E-state index contributed by atoms with van der Waals surface area (Å²) in [6, 6.07) is 6.17. The molecule has 0 aliphatic carbocycles. The van der Waals surface area contributed by atoms with Crippen molar-refractivity contribution in [2.45, 2.75) is 18.5 Å². The molecular weight excluding hydrogens is 260 g/mol. The molecule has 0 aliphatic heterocycles. The molecule has 0 aromatic heterocycles. The van der Waals surface area contributed by atoms with Crippen LogP contribution in [0, 0.1) is 0 Å². The first-order valence-electron chi connectivity index (χ1n) is 4.50. The molecule has 82 valence electrons. The number of hydrogen-bond acceptors (Lipinski definition) is 3. The maximum Gasteiger partial charge on any atom is 0.320 e. The van der Waals surface area contributed by atoms with Gasteiger partial charge in [0.05, 0.1) is 0 Å². The van der Waals surface area contributed by atoms with E-state index in [1.165, 1.54) is 0 Å². The van der Waals surface area contributed by atoms with Gasteiger partial charge >= 0.3 is 5.97 Å². The number of nitrogens with two attached hydrogens (primary N) is 2. The minimum absolute atomic E-state index is 0.233. The van der Waals surface area contributed by atoms with Gasteiger partial charge in [-0.15, -0.1) is 0 Å². The van der Waals surface area contributed by atoms with Crippen LogP contribution in [0.5, 0.6) is 0 Å². The molecule has 0 bridgehead atoms. The highest BCUT2D eigenvalue weighted by Crippen LogP contribution is 2.18. The minimum atomic E-state index is -1.03. The van der Waals surface area contributed by atoms with Gasteiger partial charge in [-0.3, -0.25) is 4.79 Å². The van der Waals surface area contributed by atoms with Crippen LogP contribution < -0.4 is 11.5 Å². The molecule has 5 heteroatoms. The van der Waals surface area contributed by atoms with Crippen LogP contribution in [0.25, 0.3) is 0 Å². The molecule has 4 nitrogen and oxygen atoms in total. The molecule has 0 fully saturated rings. The van der Waals surface area contributed by atoms with E-state index in [4.69, 9.17) is 16.6 Å². The van der Waals surface area contributed by atoms with Crippen LogP contribution in [0.3, 0.4) is 0 Å². The molecule has 0 amide bonds. The van der Waals surface area contributed by atoms with E-state index in [-0.39, 0.29) is 12.5 Å². The van der Waals surface area contributed by atoms with Gasteiger partial charge in [0.2, 0.25) is 0 Å². The molecule has 2 unspecified atom stereocenters. The van der Waals surface area contributed by atoms with Crippen LogP contribution in [0.15, 0.2) is 28.7 Å². The Bertz CT molecular complexity index is 340. The first kappa shape index (κ1) is 12.2. The summed E-state index contributed by atoms with van der Waals surface area (Å²) in [4.78, 5) is 10.5. The van der Waals surface area contributed by atoms with E-state index in [0.717, 1.165) is 10.0 Å². The lowest BCUT2D eigenvalue weighted by atomic mass is 10.0. The molecule has 2 atom stereocenters. The predicted octanol–water partition coefficient (Wildman–Crippen LogP) is 1.25. The Morgan fingerprint density at radius 2 is 1.87 bits per heavy atom. The minimum Gasteiger partial charge on any atom is -0.480 e. The Morgan fingerprint density at radius 1 is 1.33 bits per heavy atom. The maximum absolute atomic E-state index is 10.5. The van der Waals surface area contributed by atoms with Crippen LogP contribution in [-0.2, 0) is 4.79 Å². The van der Waals surface area contributed by atoms with Gasteiger partial charge in [-0.2, -0.15) is 0 Å². The Kier molecular flexibility index (Phi) is 4.26. The fourth-order valence-electron chi connectivity index (χ4n) is 1.22. The lowest BCUT2D eigenvalue weighted by Gasteiger charge is -2.14. The van der Waals surface area contributed by atoms with Crippen molar-refractivity contribution in [2.75, 3.05) is 0 Å². The average molecular weight is 273 g/mol. The van der Waals surface area contributed by atoms with Crippen molar-refractivity contribution in [3.05, 3.63) is 34.3 Å². The van der Waals surface area contributed by atoms with Gasteiger partial charge in [-0.1, -0.05) is 28.1 Å². The zero-order valence-corrected chi connectivity index (χ0v) is 9.65. The topological polar surface area (TPSA) is 89.3 Å². The molecule has 0 aliphatic rings. The van der Waals surface area contributed by atoms with Gasteiger partial charge in [0, 0.05) is 10.5 Å². The molecule has 15 heavy (non-hydrogen) atoms. The van der Waals surface area contributed by atoms with Crippen molar-refractivity contribution in [1.82, 2.24) is 0 Å². The normalized spacial score (nSPS) is 14.6. The number of hydrogen-bond donors (Lipinski definition) is 3. The quantitative estimate of drug-likeness (QED) is 0.770. The summed E-state index contributed by atoms with van der Waals surface area (Å²) < 4.78 is 0.959. The largest absolute Gasteiger partial charge is 0.480 e. The maximum atomic E-state index is 10.5. The summed E-state index contributed by atoms with van der Waals surface area (Å²) in [6.07, 6.45) is 0.233. The smallest absolute Gasteiger partial charge is 0.320 e. The van der Waals surface area contributed by atoms with Crippen molar-refractivity contribution in [3.63, 3.8) is 0 Å². The second kappa shape index (κ2) is 5.25. The summed E-state index contributed by atoms with van der Waals surface area (Å²) in [5.74, 6) is -1.03. The molecule has 0 spiro atoms. The zero-order chi connectivity index (χ0) is 11.4. The Balaban J connectivity index is 2.64. The van der Waals surface area contributed by atoms with Gasteiger partial charge in [0.1, 0.15) is 6.04 Å². The van der Waals surface area contributed by atoms with E-state index >= 15 is 0 Å². The van der Waals surface area contributed by atoms with Gasteiger partial charge in [0.15, 0.2) is 0 Å². The highest BCUT2D eigenvalue weighted by atomic mass is 79.9. The van der Waals surface area contributed by atoms with Gasteiger partial charge in [-0.25, -0.2) is 0 Å².